The fourth-order valence-electron chi connectivity index (χ4n) is 1.73. The Balaban J connectivity index is 2.09. The molecule has 0 aromatic heterocycles. The summed E-state index contributed by atoms with van der Waals surface area (Å²) in [4.78, 5) is 0. The minimum absolute atomic E-state index is 0.0960. The van der Waals surface area contributed by atoms with Crippen molar-refractivity contribution in [3.05, 3.63) is 24.0 Å². The molecule has 2 heteroatoms. The summed E-state index contributed by atoms with van der Waals surface area (Å²) in [6.45, 7) is 0.576. The van der Waals surface area contributed by atoms with Crippen LogP contribution in [-0.4, -0.2) is 6.61 Å². The van der Waals surface area contributed by atoms with Gasteiger partial charge in [0.1, 0.15) is 6.61 Å². The van der Waals surface area contributed by atoms with Gasteiger partial charge in [-0.05, 0) is 18.9 Å². The van der Waals surface area contributed by atoms with Gasteiger partial charge in [-0.3, -0.25) is 0 Å². The Kier molecular flexibility index (Phi) is 1.87. The number of fused-ring (bicyclic) bond motifs is 1. The van der Waals surface area contributed by atoms with Crippen LogP contribution in [0.15, 0.2) is 24.0 Å². The second kappa shape index (κ2) is 3.02. The van der Waals surface area contributed by atoms with Crippen molar-refractivity contribution < 1.29 is 4.74 Å². The third-order valence-electron chi connectivity index (χ3n) is 2.42. The minimum atomic E-state index is 0.0960. The van der Waals surface area contributed by atoms with Gasteiger partial charge >= 0.3 is 0 Å². The molecule has 0 bridgehead atoms. The van der Waals surface area contributed by atoms with Crippen LogP contribution in [0.3, 0.4) is 0 Å². The lowest BCUT2D eigenvalue weighted by Crippen LogP contribution is -2.23. The highest BCUT2D eigenvalue weighted by Gasteiger charge is 2.27. The van der Waals surface area contributed by atoms with Crippen molar-refractivity contribution in [3.8, 4) is 6.07 Å². The number of ether oxygens (including phenoxy) is 1. The van der Waals surface area contributed by atoms with Gasteiger partial charge in [0.15, 0.2) is 0 Å². The number of allylic oxidation sites excluding steroid dienone is 4. The van der Waals surface area contributed by atoms with Crippen LogP contribution in [0.2, 0.25) is 0 Å². The molecule has 2 aliphatic rings. The monoisotopic (exact) mass is 161 g/mol. The summed E-state index contributed by atoms with van der Waals surface area (Å²) < 4.78 is 5.47. The summed E-state index contributed by atoms with van der Waals surface area (Å²) in [7, 11) is 0. The highest BCUT2D eigenvalue weighted by atomic mass is 16.5. The first-order valence-corrected chi connectivity index (χ1v) is 4.29. The molecule has 0 aromatic rings. The number of rotatable bonds is 0. The molecule has 1 fully saturated rings. The maximum Gasteiger partial charge on any atom is 0.104 e. The van der Waals surface area contributed by atoms with E-state index in [1.54, 1.807) is 0 Å². The number of hydrogen-bond acceptors (Lipinski definition) is 2. The maximum atomic E-state index is 8.71. The normalized spacial score (nSPS) is 32.8. The third-order valence-corrected chi connectivity index (χ3v) is 2.42. The van der Waals surface area contributed by atoms with E-state index >= 15 is 0 Å². The Hall–Kier alpha value is -1.23. The van der Waals surface area contributed by atoms with Gasteiger partial charge in [-0.15, -0.1) is 0 Å². The Morgan fingerprint density at radius 3 is 3.33 bits per heavy atom. The van der Waals surface area contributed by atoms with Crippen molar-refractivity contribution in [1.29, 1.82) is 5.26 Å². The van der Waals surface area contributed by atoms with E-state index < -0.39 is 0 Å². The topological polar surface area (TPSA) is 33.0 Å². The zero-order chi connectivity index (χ0) is 8.39. The second-order valence-electron chi connectivity index (χ2n) is 3.30. The minimum Gasteiger partial charge on any atom is -0.496 e. The van der Waals surface area contributed by atoms with Crippen molar-refractivity contribution in [2.75, 3.05) is 6.61 Å². The van der Waals surface area contributed by atoms with Gasteiger partial charge in [0.25, 0.3) is 0 Å². The van der Waals surface area contributed by atoms with Gasteiger partial charge in [0, 0.05) is 5.92 Å². The molecular weight excluding hydrogens is 150 g/mol. The van der Waals surface area contributed by atoms with E-state index in [0.29, 0.717) is 12.5 Å². The van der Waals surface area contributed by atoms with Gasteiger partial charge in [0.05, 0.1) is 17.7 Å². The van der Waals surface area contributed by atoms with E-state index in [9.17, 15) is 0 Å². The lowest BCUT2D eigenvalue weighted by molar-refractivity contribution is 0.0998. The summed E-state index contributed by atoms with van der Waals surface area (Å²) in [5.74, 6) is 1.64. The van der Waals surface area contributed by atoms with Crippen LogP contribution < -0.4 is 0 Å². The number of nitriles is 1. The smallest absolute Gasteiger partial charge is 0.104 e. The molecule has 0 spiro atoms. The molecule has 0 N–H and O–H groups in total. The van der Waals surface area contributed by atoms with Crippen LogP contribution in [0.4, 0.5) is 0 Å². The van der Waals surface area contributed by atoms with E-state index in [1.165, 1.54) is 0 Å². The van der Waals surface area contributed by atoms with Crippen LogP contribution in [-0.2, 0) is 4.74 Å². The summed E-state index contributed by atoms with van der Waals surface area (Å²) >= 11 is 0. The molecule has 0 amide bonds. The molecule has 62 valence electrons. The fraction of sp³-hybridized carbons (Fsp3) is 0.500. The van der Waals surface area contributed by atoms with Gasteiger partial charge in [-0.2, -0.15) is 5.26 Å². The largest absolute Gasteiger partial charge is 0.496 e. The van der Waals surface area contributed by atoms with Crippen LogP contribution in [0, 0.1) is 23.2 Å². The molecule has 1 heterocycles. The predicted octanol–water partition coefficient (Wildman–Crippen LogP) is 2.01. The van der Waals surface area contributed by atoms with E-state index in [0.717, 1.165) is 18.6 Å². The predicted molar refractivity (Wildman–Crippen MR) is 45.0 cm³/mol. The molecule has 2 atom stereocenters. The fourth-order valence-corrected chi connectivity index (χ4v) is 1.73. The van der Waals surface area contributed by atoms with Crippen LogP contribution in [0.25, 0.3) is 0 Å². The molecule has 0 saturated carbocycles. The lowest BCUT2D eigenvalue weighted by atomic mass is 9.87. The molecule has 12 heavy (non-hydrogen) atoms. The van der Waals surface area contributed by atoms with Gasteiger partial charge in [0.2, 0.25) is 0 Å². The molecular formula is C10H11NO. The molecule has 1 saturated heterocycles. The van der Waals surface area contributed by atoms with Crippen LogP contribution >= 0.6 is 0 Å². The molecule has 2 nitrogen and oxygen atoms in total. The van der Waals surface area contributed by atoms with Crippen molar-refractivity contribution in [3.63, 3.8) is 0 Å². The summed E-state index contributed by atoms with van der Waals surface area (Å²) in [5, 5.41) is 8.71. The van der Waals surface area contributed by atoms with Crippen molar-refractivity contribution in [1.82, 2.24) is 0 Å². The van der Waals surface area contributed by atoms with E-state index in [-0.39, 0.29) is 5.92 Å². The van der Waals surface area contributed by atoms with Crippen molar-refractivity contribution >= 4 is 0 Å². The van der Waals surface area contributed by atoms with E-state index in [2.05, 4.69) is 12.1 Å². The maximum absolute atomic E-state index is 8.71. The van der Waals surface area contributed by atoms with E-state index in [4.69, 9.17) is 10.00 Å². The Morgan fingerprint density at radius 1 is 1.58 bits per heavy atom. The van der Waals surface area contributed by atoms with Crippen molar-refractivity contribution in [2.45, 2.75) is 12.8 Å². The van der Waals surface area contributed by atoms with Crippen LogP contribution in [0.1, 0.15) is 12.8 Å². The highest BCUT2D eigenvalue weighted by Crippen LogP contribution is 2.32. The molecule has 0 radical (unpaired) electrons. The summed E-state index contributed by atoms with van der Waals surface area (Å²) in [6, 6.07) is 2.26. The lowest BCUT2D eigenvalue weighted by Gasteiger charge is -2.29. The zero-order valence-corrected chi connectivity index (χ0v) is 6.86. The second-order valence-corrected chi connectivity index (χ2v) is 3.30. The molecule has 2 unspecified atom stereocenters. The summed E-state index contributed by atoms with van der Waals surface area (Å²) in [6.07, 6.45) is 8.17. The SMILES string of the molecule is N#CC1COC2=CC=CCC2C1. The first kappa shape index (κ1) is 7.42. The Bertz CT molecular complexity index is 272. The van der Waals surface area contributed by atoms with E-state index in [1.807, 2.05) is 12.2 Å². The highest BCUT2D eigenvalue weighted by molar-refractivity contribution is 5.18. The Morgan fingerprint density at radius 2 is 2.50 bits per heavy atom. The first-order valence-electron chi connectivity index (χ1n) is 4.29. The number of nitrogens with zero attached hydrogens (tertiary/aromatic N) is 1. The van der Waals surface area contributed by atoms with Gasteiger partial charge < -0.3 is 4.74 Å². The summed E-state index contributed by atoms with van der Waals surface area (Å²) in [5.41, 5.74) is 0. The van der Waals surface area contributed by atoms with Gasteiger partial charge in [-0.1, -0.05) is 12.2 Å². The standard InChI is InChI=1S/C10H11NO/c11-6-8-5-9-3-1-2-4-10(9)12-7-8/h1-2,4,8-9H,3,5,7H2. The average molecular weight is 161 g/mol. The Labute approximate surface area is 72.1 Å². The number of hydrogen-bond donors (Lipinski definition) is 0. The molecule has 0 aromatic carbocycles. The average Bonchev–Trinajstić information content (AvgIpc) is 2.17. The molecule has 1 aliphatic heterocycles. The quantitative estimate of drug-likeness (QED) is 0.544. The van der Waals surface area contributed by atoms with Gasteiger partial charge in [-0.25, -0.2) is 0 Å². The third kappa shape index (κ3) is 1.23. The first-order chi connectivity index (χ1) is 5.90. The molecule has 1 aliphatic carbocycles. The van der Waals surface area contributed by atoms with Crippen molar-refractivity contribution in [2.24, 2.45) is 11.8 Å². The zero-order valence-electron chi connectivity index (χ0n) is 6.86. The van der Waals surface area contributed by atoms with Crippen LogP contribution in [0.5, 0.6) is 0 Å². The molecule has 2 rings (SSSR count).